The van der Waals surface area contributed by atoms with E-state index in [-0.39, 0.29) is 0 Å². The molecule has 3 nitrogen and oxygen atoms in total. The van der Waals surface area contributed by atoms with Crippen molar-refractivity contribution in [1.29, 1.82) is 0 Å². The quantitative estimate of drug-likeness (QED) is 0.910. The van der Waals surface area contributed by atoms with E-state index in [0.717, 1.165) is 18.1 Å². The van der Waals surface area contributed by atoms with Crippen molar-refractivity contribution in [3.63, 3.8) is 0 Å². The normalized spacial score (nSPS) is 14.9. The van der Waals surface area contributed by atoms with Crippen LogP contribution in [0.15, 0.2) is 18.2 Å². The van der Waals surface area contributed by atoms with Gasteiger partial charge in [-0.3, -0.25) is 0 Å². The molecule has 3 rings (SSSR count). The Bertz CT molecular complexity index is 663. The molecule has 2 N–H and O–H groups in total. The molecular formula is C18H25N3. The van der Waals surface area contributed by atoms with Crippen molar-refractivity contribution in [1.82, 2.24) is 9.55 Å². The molecule has 0 radical (unpaired) electrons. The molecule has 0 atom stereocenters. The van der Waals surface area contributed by atoms with Crippen LogP contribution in [0.4, 0.5) is 5.82 Å². The molecule has 1 saturated carbocycles. The van der Waals surface area contributed by atoms with Crippen LogP contribution in [0.25, 0.3) is 11.3 Å². The lowest BCUT2D eigenvalue weighted by molar-refractivity contribution is 0.512. The largest absolute Gasteiger partial charge is 0.383 e. The highest BCUT2D eigenvalue weighted by Gasteiger charge is 2.31. The first kappa shape index (κ1) is 14.2. The smallest absolute Gasteiger partial charge is 0.131 e. The van der Waals surface area contributed by atoms with E-state index in [9.17, 15) is 0 Å². The van der Waals surface area contributed by atoms with E-state index in [1.54, 1.807) is 0 Å². The van der Waals surface area contributed by atoms with E-state index >= 15 is 0 Å². The molecule has 1 aliphatic carbocycles. The lowest BCUT2D eigenvalue weighted by Gasteiger charge is -2.12. The number of hydrogen-bond acceptors (Lipinski definition) is 2. The lowest BCUT2D eigenvalue weighted by atomic mass is 10.0. The van der Waals surface area contributed by atoms with Crippen molar-refractivity contribution in [3.8, 4) is 11.3 Å². The van der Waals surface area contributed by atoms with Gasteiger partial charge in [0.15, 0.2) is 0 Å². The molecule has 1 heterocycles. The van der Waals surface area contributed by atoms with Crippen molar-refractivity contribution < 1.29 is 0 Å². The molecule has 21 heavy (non-hydrogen) atoms. The Balaban J connectivity index is 2.13. The molecule has 112 valence electrons. The predicted octanol–water partition coefficient (Wildman–Crippen LogP) is 4.28. The summed E-state index contributed by atoms with van der Waals surface area (Å²) in [6.07, 6.45) is 2.50. The second kappa shape index (κ2) is 5.21. The first-order valence-electron chi connectivity index (χ1n) is 7.91. The summed E-state index contributed by atoms with van der Waals surface area (Å²) in [5.74, 6) is 3.21. The van der Waals surface area contributed by atoms with Crippen LogP contribution in [0.1, 0.15) is 49.6 Å². The Hall–Kier alpha value is -1.77. The fourth-order valence-corrected chi connectivity index (χ4v) is 2.90. The standard InChI is InChI=1S/C18H25N3/c1-11(2)10-21-17(19)16(20-18(21)14-8-9-14)15-7-5-6-12(3)13(15)4/h5-7,11,14H,8-10,19H2,1-4H3. The third-order valence-corrected chi connectivity index (χ3v) is 4.39. The number of nitrogens with zero attached hydrogens (tertiary/aromatic N) is 2. The molecule has 0 unspecified atom stereocenters. The molecule has 1 fully saturated rings. The Morgan fingerprint density at radius 1 is 1.29 bits per heavy atom. The summed E-state index contributed by atoms with van der Waals surface area (Å²) >= 11 is 0. The minimum atomic E-state index is 0.574. The fourth-order valence-electron chi connectivity index (χ4n) is 2.90. The first-order valence-corrected chi connectivity index (χ1v) is 7.91. The Kier molecular flexibility index (Phi) is 3.52. The van der Waals surface area contributed by atoms with Crippen molar-refractivity contribution >= 4 is 5.82 Å². The zero-order valence-electron chi connectivity index (χ0n) is 13.5. The van der Waals surface area contributed by atoms with Crippen molar-refractivity contribution in [3.05, 3.63) is 35.2 Å². The maximum atomic E-state index is 6.47. The Morgan fingerprint density at radius 3 is 2.62 bits per heavy atom. The number of hydrogen-bond donors (Lipinski definition) is 1. The summed E-state index contributed by atoms with van der Waals surface area (Å²) in [5, 5.41) is 0. The van der Waals surface area contributed by atoms with Gasteiger partial charge in [-0.2, -0.15) is 0 Å². The number of benzene rings is 1. The molecular weight excluding hydrogens is 258 g/mol. The molecule has 1 aliphatic rings. The van der Waals surface area contributed by atoms with Crippen molar-refractivity contribution in [2.24, 2.45) is 5.92 Å². The third kappa shape index (κ3) is 2.57. The molecule has 0 spiro atoms. The highest BCUT2D eigenvalue weighted by atomic mass is 15.2. The van der Waals surface area contributed by atoms with Gasteiger partial charge in [-0.15, -0.1) is 0 Å². The Labute approximate surface area is 127 Å². The average Bonchev–Trinajstić information content (AvgIpc) is 3.21. The molecule has 0 aliphatic heterocycles. The topological polar surface area (TPSA) is 43.8 Å². The van der Waals surface area contributed by atoms with Crippen LogP contribution in [0.5, 0.6) is 0 Å². The number of imidazole rings is 1. The van der Waals surface area contributed by atoms with Crippen molar-refractivity contribution in [2.75, 3.05) is 5.73 Å². The molecule has 3 heteroatoms. The van der Waals surface area contributed by atoms with E-state index in [1.807, 2.05) is 0 Å². The van der Waals surface area contributed by atoms with Gasteiger partial charge in [-0.1, -0.05) is 32.0 Å². The van der Waals surface area contributed by atoms with E-state index < -0.39 is 0 Å². The maximum absolute atomic E-state index is 6.47. The van der Waals surface area contributed by atoms with Crippen LogP contribution in [-0.4, -0.2) is 9.55 Å². The fraction of sp³-hybridized carbons (Fsp3) is 0.500. The number of nitrogens with two attached hydrogens (primary N) is 1. The SMILES string of the molecule is Cc1cccc(-c2nc(C3CC3)n(CC(C)C)c2N)c1C. The maximum Gasteiger partial charge on any atom is 0.131 e. The minimum absolute atomic E-state index is 0.574. The van der Waals surface area contributed by atoms with Crippen LogP contribution >= 0.6 is 0 Å². The summed E-state index contributed by atoms with van der Waals surface area (Å²) in [6.45, 7) is 9.71. The van der Waals surface area contributed by atoms with E-state index in [4.69, 9.17) is 10.7 Å². The second-order valence-electron chi connectivity index (χ2n) is 6.73. The number of aryl methyl sites for hydroxylation is 1. The van der Waals surface area contributed by atoms with Gasteiger partial charge in [-0.05, 0) is 43.7 Å². The van der Waals surface area contributed by atoms with Crippen LogP contribution < -0.4 is 5.73 Å². The molecule has 2 aromatic rings. The summed E-state index contributed by atoms with van der Waals surface area (Å²) in [4.78, 5) is 4.93. The van der Waals surface area contributed by atoms with Gasteiger partial charge in [0.2, 0.25) is 0 Å². The second-order valence-corrected chi connectivity index (χ2v) is 6.73. The minimum Gasteiger partial charge on any atom is -0.383 e. The highest BCUT2D eigenvalue weighted by molar-refractivity contribution is 5.74. The third-order valence-electron chi connectivity index (χ3n) is 4.39. The predicted molar refractivity (Wildman–Crippen MR) is 88.4 cm³/mol. The average molecular weight is 283 g/mol. The highest BCUT2D eigenvalue weighted by Crippen LogP contribution is 2.43. The van der Waals surface area contributed by atoms with Gasteiger partial charge in [0.1, 0.15) is 17.3 Å². The van der Waals surface area contributed by atoms with E-state index in [0.29, 0.717) is 11.8 Å². The first-order chi connectivity index (χ1) is 9.99. The monoisotopic (exact) mass is 283 g/mol. The van der Waals surface area contributed by atoms with E-state index in [1.165, 1.54) is 35.4 Å². The zero-order chi connectivity index (χ0) is 15.1. The molecule has 0 bridgehead atoms. The van der Waals surface area contributed by atoms with Gasteiger partial charge in [0, 0.05) is 18.0 Å². The molecule has 0 amide bonds. The van der Waals surface area contributed by atoms with Gasteiger partial charge in [0.05, 0.1) is 0 Å². The van der Waals surface area contributed by atoms with Gasteiger partial charge in [0.25, 0.3) is 0 Å². The lowest BCUT2D eigenvalue weighted by Crippen LogP contribution is -2.11. The van der Waals surface area contributed by atoms with Gasteiger partial charge in [-0.25, -0.2) is 4.98 Å². The zero-order valence-corrected chi connectivity index (χ0v) is 13.5. The van der Waals surface area contributed by atoms with E-state index in [2.05, 4.69) is 50.5 Å². The number of aromatic nitrogens is 2. The van der Waals surface area contributed by atoms with Gasteiger partial charge < -0.3 is 10.3 Å². The number of rotatable bonds is 4. The number of nitrogen functional groups attached to an aromatic ring is 1. The van der Waals surface area contributed by atoms with Crippen LogP contribution in [-0.2, 0) is 6.54 Å². The van der Waals surface area contributed by atoms with Crippen LogP contribution in [0.2, 0.25) is 0 Å². The van der Waals surface area contributed by atoms with Crippen molar-refractivity contribution in [2.45, 2.75) is 53.0 Å². The van der Waals surface area contributed by atoms with Crippen LogP contribution in [0.3, 0.4) is 0 Å². The summed E-state index contributed by atoms with van der Waals surface area (Å²) in [5.41, 5.74) is 11.2. The molecule has 1 aromatic carbocycles. The summed E-state index contributed by atoms with van der Waals surface area (Å²) in [6, 6.07) is 6.37. The molecule has 0 saturated heterocycles. The summed E-state index contributed by atoms with van der Waals surface area (Å²) < 4.78 is 2.25. The summed E-state index contributed by atoms with van der Waals surface area (Å²) in [7, 11) is 0. The Morgan fingerprint density at radius 2 is 2.00 bits per heavy atom. The number of anilines is 1. The van der Waals surface area contributed by atoms with Gasteiger partial charge >= 0.3 is 0 Å². The van der Waals surface area contributed by atoms with Crippen LogP contribution in [0, 0.1) is 19.8 Å². The molecule has 1 aromatic heterocycles.